The number of piperazine rings is 1. The van der Waals surface area contributed by atoms with Crippen molar-refractivity contribution >= 4 is 0 Å². The molecule has 1 aromatic rings. The average Bonchev–Trinajstić information content (AvgIpc) is 2.33. The summed E-state index contributed by atoms with van der Waals surface area (Å²) < 4.78 is 0. The molecule has 1 heterocycles. The van der Waals surface area contributed by atoms with Crippen LogP contribution < -0.4 is 5.32 Å². The second-order valence-corrected chi connectivity index (χ2v) is 4.75. The Hall–Kier alpha value is -0.860. The summed E-state index contributed by atoms with van der Waals surface area (Å²) in [5.41, 5.74) is 4.34. The molecule has 0 spiro atoms. The summed E-state index contributed by atoms with van der Waals surface area (Å²) in [6.07, 6.45) is 0. The minimum atomic E-state index is 0.544. The van der Waals surface area contributed by atoms with Crippen molar-refractivity contribution in [3.05, 3.63) is 34.9 Å². The smallest absolute Gasteiger partial charge is 0.0323 e. The number of aryl methyl sites for hydroxylation is 1. The Morgan fingerprint density at radius 1 is 1.19 bits per heavy atom. The Morgan fingerprint density at radius 2 is 1.88 bits per heavy atom. The van der Waals surface area contributed by atoms with Crippen LogP contribution in [-0.4, -0.2) is 31.1 Å². The fourth-order valence-corrected chi connectivity index (χ4v) is 2.49. The third kappa shape index (κ3) is 2.28. The van der Waals surface area contributed by atoms with E-state index in [0.29, 0.717) is 6.04 Å². The molecule has 1 aliphatic heterocycles. The van der Waals surface area contributed by atoms with Gasteiger partial charge in [-0.3, -0.25) is 4.90 Å². The van der Waals surface area contributed by atoms with E-state index in [1.165, 1.54) is 16.7 Å². The molecule has 0 saturated carbocycles. The van der Waals surface area contributed by atoms with Gasteiger partial charge in [-0.1, -0.05) is 18.2 Å². The lowest BCUT2D eigenvalue weighted by Crippen LogP contribution is -2.44. The van der Waals surface area contributed by atoms with Gasteiger partial charge in [-0.2, -0.15) is 0 Å². The molecule has 88 valence electrons. The lowest BCUT2D eigenvalue weighted by atomic mass is 9.97. The maximum atomic E-state index is 3.41. The van der Waals surface area contributed by atoms with Gasteiger partial charge in [0.25, 0.3) is 0 Å². The van der Waals surface area contributed by atoms with Crippen molar-refractivity contribution in [2.45, 2.75) is 26.8 Å². The van der Waals surface area contributed by atoms with E-state index in [4.69, 9.17) is 0 Å². The third-order valence-electron chi connectivity index (χ3n) is 3.80. The molecule has 0 aromatic heterocycles. The van der Waals surface area contributed by atoms with Gasteiger partial charge in [-0.05, 0) is 37.5 Å². The number of rotatable bonds is 2. The molecule has 1 N–H and O–H groups in total. The summed E-state index contributed by atoms with van der Waals surface area (Å²) in [6, 6.07) is 7.19. The van der Waals surface area contributed by atoms with Gasteiger partial charge in [0.15, 0.2) is 0 Å². The summed E-state index contributed by atoms with van der Waals surface area (Å²) in [5.74, 6) is 0. The summed E-state index contributed by atoms with van der Waals surface area (Å²) >= 11 is 0. The minimum absolute atomic E-state index is 0.544. The second-order valence-electron chi connectivity index (χ2n) is 4.75. The average molecular weight is 218 g/mol. The van der Waals surface area contributed by atoms with Crippen molar-refractivity contribution < 1.29 is 0 Å². The van der Waals surface area contributed by atoms with Gasteiger partial charge in [0.2, 0.25) is 0 Å². The minimum Gasteiger partial charge on any atom is -0.314 e. The Morgan fingerprint density at radius 3 is 2.56 bits per heavy atom. The highest BCUT2D eigenvalue weighted by Crippen LogP contribution is 2.25. The van der Waals surface area contributed by atoms with Crippen LogP contribution in [0.5, 0.6) is 0 Å². The predicted octanol–water partition coefficient (Wildman–Crippen LogP) is 2.27. The number of nitrogens with one attached hydrogen (secondary N) is 1. The molecule has 0 bridgehead atoms. The van der Waals surface area contributed by atoms with E-state index < -0.39 is 0 Å². The highest BCUT2D eigenvalue weighted by molar-refractivity contribution is 5.35. The molecule has 0 unspecified atom stereocenters. The van der Waals surface area contributed by atoms with Crippen LogP contribution >= 0.6 is 0 Å². The fraction of sp³-hybridized carbons (Fsp3) is 0.571. The molecule has 2 rings (SSSR count). The van der Waals surface area contributed by atoms with Crippen LogP contribution in [0.15, 0.2) is 18.2 Å². The Labute approximate surface area is 98.7 Å². The molecular weight excluding hydrogens is 196 g/mol. The Balaban J connectivity index is 2.19. The van der Waals surface area contributed by atoms with E-state index in [2.05, 4.69) is 49.2 Å². The normalized spacial score (nSPS) is 19.7. The van der Waals surface area contributed by atoms with Crippen LogP contribution in [0.1, 0.15) is 29.7 Å². The Bertz CT molecular complexity index is 354. The topological polar surface area (TPSA) is 15.3 Å². The van der Waals surface area contributed by atoms with Gasteiger partial charge >= 0.3 is 0 Å². The van der Waals surface area contributed by atoms with Gasteiger partial charge in [-0.25, -0.2) is 0 Å². The van der Waals surface area contributed by atoms with E-state index in [1.807, 2.05) is 0 Å². The SMILES string of the molecule is Cc1cccc([C@H](C)N2CCNCC2)c1C. The zero-order valence-electron chi connectivity index (χ0n) is 10.6. The van der Waals surface area contributed by atoms with Crippen molar-refractivity contribution in [1.82, 2.24) is 10.2 Å². The molecular formula is C14H22N2. The fourth-order valence-electron chi connectivity index (χ4n) is 2.49. The van der Waals surface area contributed by atoms with E-state index in [9.17, 15) is 0 Å². The van der Waals surface area contributed by atoms with Crippen molar-refractivity contribution in [1.29, 1.82) is 0 Å². The first kappa shape index (κ1) is 11.6. The van der Waals surface area contributed by atoms with Crippen LogP contribution in [0.2, 0.25) is 0 Å². The molecule has 1 saturated heterocycles. The lowest BCUT2D eigenvalue weighted by molar-refractivity contribution is 0.185. The molecule has 1 aliphatic rings. The summed E-state index contributed by atoms with van der Waals surface area (Å²) in [4.78, 5) is 2.57. The summed E-state index contributed by atoms with van der Waals surface area (Å²) in [5, 5.41) is 3.41. The maximum absolute atomic E-state index is 3.41. The van der Waals surface area contributed by atoms with Crippen LogP contribution in [0.3, 0.4) is 0 Å². The van der Waals surface area contributed by atoms with Crippen molar-refractivity contribution in [2.75, 3.05) is 26.2 Å². The molecule has 16 heavy (non-hydrogen) atoms. The Kier molecular flexibility index (Phi) is 3.62. The summed E-state index contributed by atoms with van der Waals surface area (Å²) in [7, 11) is 0. The van der Waals surface area contributed by atoms with Gasteiger partial charge in [0.1, 0.15) is 0 Å². The van der Waals surface area contributed by atoms with E-state index in [0.717, 1.165) is 26.2 Å². The van der Waals surface area contributed by atoms with E-state index in [-0.39, 0.29) is 0 Å². The van der Waals surface area contributed by atoms with Gasteiger partial charge in [0, 0.05) is 32.2 Å². The van der Waals surface area contributed by atoms with Crippen molar-refractivity contribution in [3.8, 4) is 0 Å². The van der Waals surface area contributed by atoms with Gasteiger partial charge in [-0.15, -0.1) is 0 Å². The predicted molar refractivity (Wildman–Crippen MR) is 68.8 cm³/mol. The molecule has 0 radical (unpaired) electrons. The number of benzene rings is 1. The quantitative estimate of drug-likeness (QED) is 0.819. The van der Waals surface area contributed by atoms with E-state index in [1.54, 1.807) is 0 Å². The molecule has 1 aromatic carbocycles. The first-order chi connectivity index (χ1) is 7.70. The molecule has 1 atom stereocenters. The zero-order valence-corrected chi connectivity index (χ0v) is 10.6. The second kappa shape index (κ2) is 4.98. The highest BCUT2D eigenvalue weighted by Gasteiger charge is 2.19. The third-order valence-corrected chi connectivity index (χ3v) is 3.80. The first-order valence-electron chi connectivity index (χ1n) is 6.21. The van der Waals surface area contributed by atoms with Crippen LogP contribution in [-0.2, 0) is 0 Å². The zero-order chi connectivity index (χ0) is 11.5. The number of nitrogens with zero attached hydrogens (tertiary/aromatic N) is 1. The van der Waals surface area contributed by atoms with Crippen LogP contribution in [0.4, 0.5) is 0 Å². The lowest BCUT2D eigenvalue weighted by Gasteiger charge is -2.34. The monoisotopic (exact) mass is 218 g/mol. The van der Waals surface area contributed by atoms with E-state index >= 15 is 0 Å². The maximum Gasteiger partial charge on any atom is 0.0323 e. The van der Waals surface area contributed by atoms with Crippen LogP contribution in [0, 0.1) is 13.8 Å². The summed E-state index contributed by atoms with van der Waals surface area (Å²) in [6.45, 7) is 11.3. The molecule has 1 fully saturated rings. The largest absolute Gasteiger partial charge is 0.314 e. The first-order valence-corrected chi connectivity index (χ1v) is 6.21. The van der Waals surface area contributed by atoms with Crippen molar-refractivity contribution in [2.24, 2.45) is 0 Å². The molecule has 0 amide bonds. The molecule has 2 nitrogen and oxygen atoms in total. The van der Waals surface area contributed by atoms with Crippen molar-refractivity contribution in [3.63, 3.8) is 0 Å². The molecule has 2 heteroatoms. The van der Waals surface area contributed by atoms with Gasteiger partial charge < -0.3 is 5.32 Å². The molecule has 0 aliphatic carbocycles. The number of hydrogen-bond acceptors (Lipinski definition) is 2. The van der Waals surface area contributed by atoms with Crippen LogP contribution in [0.25, 0.3) is 0 Å². The number of hydrogen-bond donors (Lipinski definition) is 1. The standard InChI is InChI=1S/C14H22N2/c1-11-5-4-6-14(12(11)2)13(3)16-9-7-15-8-10-16/h4-6,13,15H,7-10H2,1-3H3/t13-/m0/s1. The highest BCUT2D eigenvalue weighted by atomic mass is 15.2. The van der Waals surface area contributed by atoms with Gasteiger partial charge in [0.05, 0.1) is 0 Å².